The molecule has 1 aromatic heterocycles. The molecule has 0 aliphatic heterocycles. The highest BCUT2D eigenvalue weighted by Gasteiger charge is 2.09. The first kappa shape index (κ1) is 19.3. The van der Waals surface area contributed by atoms with Gasteiger partial charge in [0.25, 0.3) is 0 Å². The Bertz CT molecular complexity index is 950. The van der Waals surface area contributed by atoms with Crippen LogP contribution in [0, 0.1) is 11.3 Å². The van der Waals surface area contributed by atoms with Gasteiger partial charge in [-0.2, -0.15) is 5.26 Å². The van der Waals surface area contributed by atoms with Crippen molar-refractivity contribution in [1.29, 1.82) is 5.26 Å². The Balaban J connectivity index is 1.71. The van der Waals surface area contributed by atoms with Crippen molar-refractivity contribution in [1.82, 2.24) is 4.98 Å². The van der Waals surface area contributed by atoms with Crippen LogP contribution in [0.25, 0.3) is 16.8 Å². The summed E-state index contributed by atoms with van der Waals surface area (Å²) in [6, 6.07) is 18.6. The smallest absolute Gasteiger partial charge is 0.136 e. The minimum atomic E-state index is 0.526. The Hall–Kier alpha value is -2.42. The van der Waals surface area contributed by atoms with Gasteiger partial charge in [0, 0.05) is 27.3 Å². The van der Waals surface area contributed by atoms with Gasteiger partial charge in [0.1, 0.15) is 16.6 Å². The van der Waals surface area contributed by atoms with Crippen LogP contribution in [0.15, 0.2) is 64.6 Å². The summed E-state index contributed by atoms with van der Waals surface area (Å²) in [5.74, 6) is 0. The first-order valence-electron chi connectivity index (χ1n) is 8.87. The first-order chi connectivity index (χ1) is 13.2. The molecule has 1 N–H and O–H groups in total. The topological polar surface area (TPSA) is 48.7 Å². The summed E-state index contributed by atoms with van der Waals surface area (Å²) < 4.78 is 1.03. The molecular weight excluding hydrogens is 418 g/mol. The molecule has 3 nitrogen and oxygen atoms in total. The summed E-state index contributed by atoms with van der Waals surface area (Å²) in [4.78, 5) is 4.61. The van der Waals surface area contributed by atoms with Gasteiger partial charge in [-0.3, -0.25) is 0 Å². The number of nitrogens with one attached hydrogen (secondary N) is 1. The molecular formula is C22H20BrN3S. The SMILES string of the molecule is CCCCc1ccc(NC=C(C#N)c2nc(-c3ccc(Br)cc3)cs2)cc1. The molecule has 1 heterocycles. The lowest BCUT2D eigenvalue weighted by molar-refractivity contribution is 0.795. The van der Waals surface area contributed by atoms with E-state index in [4.69, 9.17) is 0 Å². The maximum Gasteiger partial charge on any atom is 0.136 e. The van der Waals surface area contributed by atoms with Crippen LogP contribution in [0.4, 0.5) is 5.69 Å². The van der Waals surface area contributed by atoms with Crippen molar-refractivity contribution in [3.8, 4) is 17.3 Å². The number of hydrogen-bond acceptors (Lipinski definition) is 4. The molecule has 0 unspecified atom stereocenters. The van der Waals surface area contributed by atoms with Crippen molar-refractivity contribution >= 4 is 38.5 Å². The fraction of sp³-hybridized carbons (Fsp3) is 0.182. The Morgan fingerprint density at radius 1 is 1.19 bits per heavy atom. The quantitative estimate of drug-likeness (QED) is 0.409. The Morgan fingerprint density at radius 3 is 2.59 bits per heavy atom. The molecule has 0 bridgehead atoms. The van der Waals surface area contributed by atoms with E-state index < -0.39 is 0 Å². The molecule has 3 aromatic rings. The largest absolute Gasteiger partial charge is 0.360 e. The number of anilines is 1. The summed E-state index contributed by atoms with van der Waals surface area (Å²) in [7, 11) is 0. The van der Waals surface area contributed by atoms with Gasteiger partial charge in [0.2, 0.25) is 0 Å². The molecule has 0 saturated heterocycles. The normalized spacial score (nSPS) is 11.2. The zero-order chi connectivity index (χ0) is 19.1. The number of nitrogens with zero attached hydrogens (tertiary/aromatic N) is 2. The highest BCUT2D eigenvalue weighted by Crippen LogP contribution is 2.27. The minimum absolute atomic E-state index is 0.526. The summed E-state index contributed by atoms with van der Waals surface area (Å²) >= 11 is 4.91. The monoisotopic (exact) mass is 437 g/mol. The third-order valence-electron chi connectivity index (χ3n) is 4.15. The minimum Gasteiger partial charge on any atom is -0.360 e. The molecule has 0 spiro atoms. The maximum atomic E-state index is 9.52. The van der Waals surface area contributed by atoms with Crippen LogP contribution in [0.2, 0.25) is 0 Å². The molecule has 0 fully saturated rings. The number of unbranched alkanes of at least 4 members (excludes halogenated alkanes) is 1. The van der Waals surface area contributed by atoms with E-state index in [0.29, 0.717) is 10.6 Å². The van der Waals surface area contributed by atoms with Gasteiger partial charge in [-0.1, -0.05) is 53.5 Å². The number of allylic oxidation sites excluding steroid dienone is 1. The molecule has 136 valence electrons. The number of benzene rings is 2. The lowest BCUT2D eigenvalue weighted by atomic mass is 10.1. The van der Waals surface area contributed by atoms with E-state index in [0.717, 1.165) is 27.8 Å². The van der Waals surface area contributed by atoms with E-state index in [-0.39, 0.29) is 0 Å². The average molecular weight is 438 g/mol. The fourth-order valence-electron chi connectivity index (χ4n) is 2.60. The molecule has 0 radical (unpaired) electrons. The van der Waals surface area contributed by atoms with Crippen LogP contribution in [-0.4, -0.2) is 4.98 Å². The molecule has 0 saturated carbocycles. The molecule has 2 aromatic carbocycles. The van der Waals surface area contributed by atoms with Crippen molar-refractivity contribution in [3.63, 3.8) is 0 Å². The zero-order valence-electron chi connectivity index (χ0n) is 15.1. The van der Waals surface area contributed by atoms with E-state index in [9.17, 15) is 5.26 Å². The summed E-state index contributed by atoms with van der Waals surface area (Å²) in [6.45, 7) is 2.20. The molecule has 0 aliphatic rings. The maximum absolute atomic E-state index is 9.52. The zero-order valence-corrected chi connectivity index (χ0v) is 17.5. The van der Waals surface area contributed by atoms with Crippen molar-refractivity contribution in [3.05, 3.63) is 75.2 Å². The molecule has 27 heavy (non-hydrogen) atoms. The lowest BCUT2D eigenvalue weighted by Crippen LogP contribution is -1.92. The Morgan fingerprint density at radius 2 is 1.93 bits per heavy atom. The second kappa shape index (κ2) is 9.50. The van der Waals surface area contributed by atoms with Gasteiger partial charge >= 0.3 is 0 Å². The fourth-order valence-corrected chi connectivity index (χ4v) is 3.66. The van der Waals surface area contributed by atoms with Crippen LogP contribution in [-0.2, 0) is 6.42 Å². The van der Waals surface area contributed by atoms with Gasteiger partial charge in [-0.25, -0.2) is 4.98 Å². The van der Waals surface area contributed by atoms with Crippen molar-refractivity contribution < 1.29 is 0 Å². The highest BCUT2D eigenvalue weighted by atomic mass is 79.9. The number of aromatic nitrogens is 1. The number of hydrogen-bond donors (Lipinski definition) is 1. The Kier molecular flexibility index (Phi) is 6.80. The second-order valence-electron chi connectivity index (χ2n) is 6.16. The molecule has 0 atom stereocenters. The third-order valence-corrected chi connectivity index (χ3v) is 5.56. The van der Waals surface area contributed by atoms with E-state index in [1.54, 1.807) is 6.20 Å². The van der Waals surface area contributed by atoms with E-state index >= 15 is 0 Å². The van der Waals surface area contributed by atoms with E-state index in [1.807, 2.05) is 41.8 Å². The number of halogens is 1. The highest BCUT2D eigenvalue weighted by molar-refractivity contribution is 9.10. The second-order valence-corrected chi connectivity index (χ2v) is 7.93. The van der Waals surface area contributed by atoms with Gasteiger partial charge in [0.05, 0.1) is 5.69 Å². The first-order valence-corrected chi connectivity index (χ1v) is 10.5. The van der Waals surface area contributed by atoms with Crippen molar-refractivity contribution in [2.75, 3.05) is 5.32 Å². The van der Waals surface area contributed by atoms with E-state index in [2.05, 4.69) is 51.4 Å². The predicted octanol–water partition coefficient (Wildman–Crippen LogP) is 6.89. The van der Waals surface area contributed by atoms with Gasteiger partial charge in [-0.15, -0.1) is 11.3 Å². The van der Waals surface area contributed by atoms with Crippen LogP contribution < -0.4 is 5.32 Å². The van der Waals surface area contributed by atoms with Crippen LogP contribution in [0.3, 0.4) is 0 Å². The van der Waals surface area contributed by atoms with Crippen LogP contribution >= 0.6 is 27.3 Å². The summed E-state index contributed by atoms with van der Waals surface area (Å²) in [5.41, 5.74) is 4.75. The molecule has 0 amide bonds. The van der Waals surface area contributed by atoms with E-state index in [1.165, 1.54) is 29.7 Å². The lowest BCUT2D eigenvalue weighted by Gasteiger charge is -2.04. The summed E-state index contributed by atoms with van der Waals surface area (Å²) in [5, 5.41) is 15.4. The van der Waals surface area contributed by atoms with Gasteiger partial charge in [-0.05, 0) is 42.7 Å². The van der Waals surface area contributed by atoms with Crippen LogP contribution in [0.1, 0.15) is 30.3 Å². The van der Waals surface area contributed by atoms with Crippen LogP contribution in [0.5, 0.6) is 0 Å². The molecule has 5 heteroatoms. The molecule has 0 aliphatic carbocycles. The average Bonchev–Trinajstić information content (AvgIpc) is 3.18. The molecule has 3 rings (SSSR count). The standard InChI is InChI=1S/C22H20BrN3S/c1-2-3-4-16-5-11-20(12-6-16)25-14-18(13-24)22-26-21(15-27-22)17-7-9-19(23)10-8-17/h5-12,14-15,25H,2-4H2,1H3. The Labute approximate surface area is 172 Å². The number of nitriles is 1. The summed E-state index contributed by atoms with van der Waals surface area (Å²) in [6.07, 6.45) is 5.24. The third kappa shape index (κ3) is 5.29. The van der Waals surface area contributed by atoms with Gasteiger partial charge in [0.15, 0.2) is 0 Å². The van der Waals surface area contributed by atoms with Gasteiger partial charge < -0.3 is 5.32 Å². The number of thiazole rings is 1. The van der Waals surface area contributed by atoms with Crippen molar-refractivity contribution in [2.45, 2.75) is 26.2 Å². The predicted molar refractivity (Wildman–Crippen MR) is 118 cm³/mol. The number of aryl methyl sites for hydroxylation is 1. The van der Waals surface area contributed by atoms with Crippen molar-refractivity contribution in [2.24, 2.45) is 0 Å². The number of rotatable bonds is 7.